The van der Waals surface area contributed by atoms with Crippen LogP contribution in [-0.4, -0.2) is 66.3 Å². The largest absolute Gasteiger partial charge is 0.447 e. The summed E-state index contributed by atoms with van der Waals surface area (Å²) >= 11 is 0. The van der Waals surface area contributed by atoms with Crippen LogP contribution in [0.2, 0.25) is 0 Å². The van der Waals surface area contributed by atoms with Crippen molar-refractivity contribution in [1.82, 2.24) is 40.4 Å². The van der Waals surface area contributed by atoms with Gasteiger partial charge in [-0.05, 0) is 56.9 Å². The van der Waals surface area contributed by atoms with E-state index in [0.717, 1.165) is 61.0 Å². The smallest absolute Gasteiger partial charge is 0.416 e. The molecule has 14 heteroatoms. The number of aromatic nitrogens is 6. The molecule has 2 aliphatic rings. The molecule has 1 N–H and O–H groups in total. The molecule has 3 aromatic rings. The number of fused-ring (bicyclic) bond motifs is 1. The summed E-state index contributed by atoms with van der Waals surface area (Å²) in [6.45, 7) is 5.36. The predicted molar refractivity (Wildman–Crippen MR) is 144 cm³/mol. The van der Waals surface area contributed by atoms with Crippen LogP contribution in [0.1, 0.15) is 65.4 Å². The van der Waals surface area contributed by atoms with Crippen LogP contribution in [0.25, 0.3) is 6.08 Å². The zero-order valence-electron chi connectivity index (χ0n) is 23.3. The minimum absolute atomic E-state index is 0.0699. The van der Waals surface area contributed by atoms with Gasteiger partial charge in [-0.3, -0.25) is 14.5 Å². The molecule has 0 bridgehead atoms. The zero-order chi connectivity index (χ0) is 29.9. The van der Waals surface area contributed by atoms with Gasteiger partial charge < -0.3 is 15.0 Å². The second-order valence-electron chi connectivity index (χ2n) is 10.7. The van der Waals surface area contributed by atoms with E-state index in [1.165, 1.54) is 11.8 Å². The third kappa shape index (κ3) is 7.09. The highest BCUT2D eigenvalue weighted by Gasteiger charge is 2.36. The van der Waals surface area contributed by atoms with Crippen LogP contribution in [0, 0.1) is 5.92 Å². The summed E-state index contributed by atoms with van der Waals surface area (Å²) in [6, 6.07) is 3.84. The van der Waals surface area contributed by atoms with Crippen LogP contribution in [-0.2, 0) is 36.8 Å². The van der Waals surface area contributed by atoms with Gasteiger partial charge in [0, 0.05) is 38.2 Å². The normalized spacial score (nSPS) is 14.9. The second kappa shape index (κ2) is 12.2. The average molecular weight is 585 g/mol. The Bertz CT molecular complexity index is 1480. The fourth-order valence-electron chi connectivity index (χ4n) is 4.81. The van der Waals surface area contributed by atoms with Gasteiger partial charge in [0.25, 0.3) is 5.91 Å². The Hall–Kier alpha value is -4.36. The highest BCUT2D eigenvalue weighted by atomic mass is 19.4. The van der Waals surface area contributed by atoms with Crippen molar-refractivity contribution in [2.75, 3.05) is 13.1 Å². The molecule has 1 aliphatic heterocycles. The number of aryl methyl sites for hydroxylation is 2. The number of rotatable bonds is 10. The fourth-order valence-corrected chi connectivity index (χ4v) is 4.81. The summed E-state index contributed by atoms with van der Waals surface area (Å²) in [5.41, 5.74) is 3.52. The lowest BCUT2D eigenvalue weighted by atomic mass is 9.91. The first-order chi connectivity index (χ1) is 20.0. The van der Waals surface area contributed by atoms with E-state index in [1.807, 2.05) is 13.8 Å². The monoisotopic (exact) mass is 584 g/mol. The minimum Gasteiger partial charge on any atom is -0.447 e. The van der Waals surface area contributed by atoms with Crippen molar-refractivity contribution < 1.29 is 27.5 Å². The Kier molecular flexibility index (Phi) is 8.50. The van der Waals surface area contributed by atoms with Crippen LogP contribution < -0.4 is 5.32 Å². The van der Waals surface area contributed by atoms with Gasteiger partial charge in [0.1, 0.15) is 0 Å². The molecule has 0 saturated carbocycles. The third-order valence-corrected chi connectivity index (χ3v) is 7.08. The SMILES string of the molecule is CC(C)OC(=O)N1CC(C2=Cc3cc(CCCCn4cc(C(=O)NCc5cc(C(F)(F)F)ccn5)nn4)nnc3C2)C1. The van der Waals surface area contributed by atoms with Crippen molar-refractivity contribution in [2.24, 2.45) is 5.92 Å². The number of hydrogen-bond donors (Lipinski definition) is 1. The third-order valence-electron chi connectivity index (χ3n) is 7.08. The van der Waals surface area contributed by atoms with Crippen LogP contribution in [0.4, 0.5) is 18.0 Å². The van der Waals surface area contributed by atoms with Crippen molar-refractivity contribution in [3.8, 4) is 0 Å². The first kappa shape index (κ1) is 29.1. The number of ether oxygens (including phenoxy) is 1. The van der Waals surface area contributed by atoms with Gasteiger partial charge in [-0.1, -0.05) is 16.9 Å². The van der Waals surface area contributed by atoms with Crippen molar-refractivity contribution >= 4 is 18.1 Å². The van der Waals surface area contributed by atoms with Gasteiger partial charge in [0.2, 0.25) is 0 Å². The topological polar surface area (TPSA) is 128 Å². The zero-order valence-corrected chi connectivity index (χ0v) is 23.3. The molecule has 0 spiro atoms. The number of carbonyl (C=O) groups is 2. The summed E-state index contributed by atoms with van der Waals surface area (Å²) in [6.07, 6.45) is 2.90. The molecule has 222 valence electrons. The van der Waals surface area contributed by atoms with Gasteiger partial charge >= 0.3 is 12.3 Å². The van der Waals surface area contributed by atoms with Gasteiger partial charge in [0.15, 0.2) is 5.69 Å². The summed E-state index contributed by atoms with van der Waals surface area (Å²) < 4.78 is 45.4. The summed E-state index contributed by atoms with van der Waals surface area (Å²) in [4.78, 5) is 30.0. The first-order valence-electron chi connectivity index (χ1n) is 13.8. The van der Waals surface area contributed by atoms with Crippen LogP contribution >= 0.6 is 0 Å². The number of nitrogens with one attached hydrogen (secondary N) is 1. The molecule has 1 fully saturated rings. The number of alkyl halides is 3. The number of likely N-dealkylation sites (tertiary alicyclic amines) is 1. The molecule has 4 heterocycles. The number of amides is 2. The van der Waals surface area contributed by atoms with E-state index in [-0.39, 0.29) is 30.1 Å². The quantitative estimate of drug-likeness (QED) is 0.356. The van der Waals surface area contributed by atoms with E-state index in [4.69, 9.17) is 4.74 Å². The number of pyridine rings is 1. The van der Waals surface area contributed by atoms with Gasteiger partial charge in [-0.15, -0.1) is 5.10 Å². The number of carbonyl (C=O) groups excluding carboxylic acids is 2. The lowest BCUT2D eigenvalue weighted by molar-refractivity contribution is -0.137. The van der Waals surface area contributed by atoms with Crippen molar-refractivity contribution in [3.63, 3.8) is 0 Å². The Balaban J connectivity index is 1.04. The molecule has 0 unspecified atom stereocenters. The Morgan fingerprint density at radius 1 is 1.12 bits per heavy atom. The van der Waals surface area contributed by atoms with Crippen molar-refractivity contribution in [2.45, 2.75) is 64.9 Å². The molecular weight excluding hydrogens is 553 g/mol. The molecule has 5 rings (SSSR count). The highest BCUT2D eigenvalue weighted by molar-refractivity contribution is 5.91. The Morgan fingerprint density at radius 3 is 2.69 bits per heavy atom. The maximum absolute atomic E-state index is 12.9. The molecule has 3 aromatic heterocycles. The average Bonchev–Trinajstić information content (AvgIpc) is 3.55. The van der Waals surface area contributed by atoms with Crippen LogP contribution in [0.15, 0.2) is 36.2 Å². The molecule has 42 heavy (non-hydrogen) atoms. The molecule has 2 amide bonds. The highest BCUT2D eigenvalue weighted by Crippen LogP contribution is 2.34. The van der Waals surface area contributed by atoms with Gasteiger partial charge in [-0.2, -0.15) is 23.4 Å². The van der Waals surface area contributed by atoms with Crippen molar-refractivity contribution in [3.05, 3.63) is 70.1 Å². The van der Waals surface area contributed by atoms with Crippen LogP contribution in [0.3, 0.4) is 0 Å². The standard InChI is InChI=1S/C28H31F3N8O3/c1-17(2)42-27(41)38-14-20(15-38)18-9-19-10-22(34-35-24(19)11-18)5-3-4-8-39-16-25(36-37-39)26(40)33-13-23-12-21(6-7-32-23)28(29,30)31/h6-7,9-10,12,16-17,20H,3-5,8,11,13-15H2,1-2H3,(H,33,40). The van der Waals surface area contributed by atoms with E-state index >= 15 is 0 Å². The van der Waals surface area contributed by atoms with Gasteiger partial charge in [-0.25, -0.2) is 4.79 Å². The number of unbranched alkanes of at least 4 members (excludes halogenated alkanes) is 1. The summed E-state index contributed by atoms with van der Waals surface area (Å²) in [5.74, 6) is -0.235. The Labute approximate surface area is 240 Å². The minimum atomic E-state index is -4.48. The maximum Gasteiger partial charge on any atom is 0.416 e. The number of halogens is 3. The predicted octanol–water partition coefficient (Wildman–Crippen LogP) is 3.85. The van der Waals surface area contributed by atoms with E-state index < -0.39 is 17.6 Å². The molecular formula is C28H31F3N8O3. The first-order valence-corrected chi connectivity index (χ1v) is 13.8. The summed E-state index contributed by atoms with van der Waals surface area (Å²) in [7, 11) is 0. The lowest BCUT2D eigenvalue weighted by Gasteiger charge is -2.39. The summed E-state index contributed by atoms with van der Waals surface area (Å²) in [5, 5.41) is 19.2. The van der Waals surface area contributed by atoms with Crippen molar-refractivity contribution in [1.29, 1.82) is 0 Å². The lowest BCUT2D eigenvalue weighted by Crippen LogP contribution is -2.51. The molecule has 0 aromatic carbocycles. The molecule has 11 nitrogen and oxygen atoms in total. The number of nitrogens with zero attached hydrogens (tertiary/aromatic N) is 7. The molecule has 0 radical (unpaired) electrons. The molecule has 0 atom stereocenters. The second-order valence-corrected chi connectivity index (χ2v) is 10.7. The Morgan fingerprint density at radius 2 is 1.93 bits per heavy atom. The molecule has 1 aliphatic carbocycles. The van der Waals surface area contributed by atoms with Crippen LogP contribution in [0.5, 0.6) is 0 Å². The van der Waals surface area contributed by atoms with E-state index in [0.29, 0.717) is 25.6 Å². The van der Waals surface area contributed by atoms with Gasteiger partial charge in [0.05, 0.1) is 41.5 Å². The fraction of sp³-hybridized carbons (Fsp3) is 0.464. The number of hydrogen-bond acceptors (Lipinski definition) is 8. The maximum atomic E-state index is 12.9. The molecule has 1 saturated heterocycles. The van der Waals surface area contributed by atoms with E-state index in [1.54, 1.807) is 9.58 Å². The van der Waals surface area contributed by atoms with E-state index in [9.17, 15) is 22.8 Å². The van der Waals surface area contributed by atoms with E-state index in [2.05, 4.69) is 43.0 Å².